The van der Waals surface area contributed by atoms with Gasteiger partial charge in [-0.1, -0.05) is 18.2 Å². The van der Waals surface area contributed by atoms with Crippen molar-refractivity contribution in [3.8, 4) is 0 Å². The van der Waals surface area contributed by atoms with Gasteiger partial charge in [-0.25, -0.2) is 9.59 Å². The molecule has 15 heteroatoms. The molecule has 216 valence electrons. The lowest BCUT2D eigenvalue weighted by atomic mass is 9.92. The molecule has 8 nitrogen and oxygen atoms in total. The Labute approximate surface area is 224 Å². The maximum Gasteiger partial charge on any atom is 0.490 e. The van der Waals surface area contributed by atoms with E-state index in [1.165, 1.54) is 9.75 Å². The normalized spacial score (nSPS) is 20.2. The number of piperazine rings is 1. The van der Waals surface area contributed by atoms with E-state index in [4.69, 9.17) is 19.8 Å². The lowest BCUT2D eigenvalue weighted by Gasteiger charge is -2.47. The van der Waals surface area contributed by atoms with Gasteiger partial charge in [0.15, 0.2) is 0 Å². The Kier molecular flexibility index (Phi) is 10.5. The number of thiophene rings is 1. The Hall–Kier alpha value is -3.17. The fourth-order valence-electron chi connectivity index (χ4n) is 4.11. The number of para-hydroxylation sites is 1. The molecule has 1 aromatic carbocycles. The fraction of sp³-hybridized carbons (Fsp3) is 0.458. The number of likely N-dealkylation sites (tertiary alicyclic amines) is 1. The van der Waals surface area contributed by atoms with Crippen LogP contribution in [0.5, 0.6) is 0 Å². The van der Waals surface area contributed by atoms with Gasteiger partial charge in [0.05, 0.1) is 12.1 Å². The standard InChI is InChI=1S/C20H25N3OS.2C2HF3O2/c1-16-8-9-18(25-16)12-22-11-10-20(14-22)15-23(19(24)13-21(20)2)17-6-4-3-5-7-17;2*3-2(4,5)1(6)7/h3-9H,10-15H2,1-2H3;2*(H,6,7). The van der Waals surface area contributed by atoms with Gasteiger partial charge in [-0.15, -0.1) is 11.3 Å². The number of alkyl halides is 6. The first-order valence-electron chi connectivity index (χ1n) is 11.4. The average molecular weight is 584 g/mol. The van der Waals surface area contributed by atoms with Crippen molar-refractivity contribution in [1.29, 1.82) is 0 Å². The number of hydrogen-bond acceptors (Lipinski definition) is 6. The number of rotatable bonds is 3. The van der Waals surface area contributed by atoms with Crippen LogP contribution in [0.4, 0.5) is 32.0 Å². The molecule has 2 aromatic rings. The number of carbonyl (C=O) groups is 3. The number of halogens is 6. The van der Waals surface area contributed by atoms with Crippen molar-refractivity contribution in [2.45, 2.75) is 37.8 Å². The number of likely N-dealkylation sites (N-methyl/N-ethyl adjacent to an activating group) is 1. The van der Waals surface area contributed by atoms with Crippen molar-refractivity contribution >= 4 is 34.9 Å². The second kappa shape index (κ2) is 12.8. The number of benzene rings is 1. The van der Waals surface area contributed by atoms with Gasteiger partial charge in [0.1, 0.15) is 0 Å². The summed E-state index contributed by atoms with van der Waals surface area (Å²) in [7, 11) is 2.11. The predicted octanol–water partition coefficient (Wildman–Crippen LogP) is 4.25. The minimum Gasteiger partial charge on any atom is -0.475 e. The first-order valence-corrected chi connectivity index (χ1v) is 12.2. The maximum atomic E-state index is 12.6. The number of aliphatic carboxylic acids is 2. The van der Waals surface area contributed by atoms with Gasteiger partial charge >= 0.3 is 24.3 Å². The van der Waals surface area contributed by atoms with E-state index in [0.29, 0.717) is 6.54 Å². The summed E-state index contributed by atoms with van der Waals surface area (Å²) in [5, 5.41) is 14.2. The molecule has 1 aromatic heterocycles. The molecule has 1 unspecified atom stereocenters. The van der Waals surface area contributed by atoms with Crippen LogP contribution in [0.15, 0.2) is 42.5 Å². The highest BCUT2D eigenvalue weighted by Crippen LogP contribution is 2.34. The highest BCUT2D eigenvalue weighted by Gasteiger charge is 2.47. The van der Waals surface area contributed by atoms with E-state index in [0.717, 1.165) is 38.3 Å². The summed E-state index contributed by atoms with van der Waals surface area (Å²) in [5.74, 6) is -5.31. The second-order valence-corrected chi connectivity index (χ2v) is 10.3. The quantitative estimate of drug-likeness (QED) is 0.522. The molecule has 2 fully saturated rings. The zero-order valence-corrected chi connectivity index (χ0v) is 21.7. The molecule has 39 heavy (non-hydrogen) atoms. The number of anilines is 1. The van der Waals surface area contributed by atoms with Gasteiger partial charge in [-0.05, 0) is 44.7 Å². The zero-order chi connectivity index (χ0) is 29.6. The van der Waals surface area contributed by atoms with Crippen LogP contribution >= 0.6 is 11.3 Å². The van der Waals surface area contributed by atoms with Crippen molar-refractivity contribution in [2.24, 2.45) is 0 Å². The van der Waals surface area contributed by atoms with E-state index >= 15 is 0 Å². The van der Waals surface area contributed by atoms with Gasteiger partial charge < -0.3 is 15.1 Å². The highest BCUT2D eigenvalue weighted by atomic mass is 32.1. The van der Waals surface area contributed by atoms with Crippen LogP contribution in [0.1, 0.15) is 16.2 Å². The van der Waals surface area contributed by atoms with E-state index in [-0.39, 0.29) is 11.4 Å². The summed E-state index contributed by atoms with van der Waals surface area (Å²) >= 11 is 1.89. The third-order valence-corrected chi connectivity index (χ3v) is 7.06. The first kappa shape index (κ1) is 32.0. The van der Waals surface area contributed by atoms with Crippen LogP contribution < -0.4 is 4.90 Å². The SMILES string of the molecule is Cc1ccc(CN2CCC3(C2)CN(c2ccccc2)C(=O)CN3C)s1.O=C(O)C(F)(F)F.O=C(O)C(F)(F)F. The summed E-state index contributed by atoms with van der Waals surface area (Å²) in [4.78, 5) is 40.0. The predicted molar refractivity (Wildman–Crippen MR) is 130 cm³/mol. The minimum absolute atomic E-state index is 0.0655. The number of hydrogen-bond donors (Lipinski definition) is 2. The van der Waals surface area contributed by atoms with E-state index in [1.807, 2.05) is 46.6 Å². The third kappa shape index (κ3) is 9.21. The molecule has 4 rings (SSSR count). The Morgan fingerprint density at radius 3 is 1.95 bits per heavy atom. The zero-order valence-electron chi connectivity index (χ0n) is 20.9. The fourth-order valence-corrected chi connectivity index (χ4v) is 5.04. The Balaban J connectivity index is 0.000000317. The summed E-state index contributed by atoms with van der Waals surface area (Å²) in [6.07, 6.45) is -9.05. The number of carboxylic acids is 2. The van der Waals surface area contributed by atoms with Gasteiger partial charge in [-0.3, -0.25) is 14.6 Å². The monoisotopic (exact) mass is 583 g/mol. The minimum atomic E-state index is -5.08. The largest absolute Gasteiger partial charge is 0.490 e. The van der Waals surface area contributed by atoms with Gasteiger partial charge in [0, 0.05) is 41.6 Å². The molecule has 1 spiro atoms. The van der Waals surface area contributed by atoms with Gasteiger partial charge in [0.2, 0.25) is 5.91 Å². The second-order valence-electron chi connectivity index (χ2n) is 8.97. The highest BCUT2D eigenvalue weighted by molar-refractivity contribution is 7.11. The Morgan fingerprint density at radius 2 is 1.49 bits per heavy atom. The van der Waals surface area contributed by atoms with Crippen molar-refractivity contribution in [3.63, 3.8) is 0 Å². The summed E-state index contributed by atoms with van der Waals surface area (Å²) in [6.45, 7) is 6.59. The van der Waals surface area contributed by atoms with E-state index in [2.05, 4.69) is 35.9 Å². The number of carbonyl (C=O) groups excluding carboxylic acids is 1. The van der Waals surface area contributed by atoms with Crippen LogP contribution in [-0.2, 0) is 20.9 Å². The molecule has 2 saturated heterocycles. The molecule has 0 bridgehead atoms. The topological polar surface area (TPSA) is 101 Å². The molecule has 0 radical (unpaired) electrons. The van der Waals surface area contributed by atoms with Crippen LogP contribution in [-0.4, -0.2) is 89.0 Å². The molecule has 2 N–H and O–H groups in total. The Morgan fingerprint density at radius 1 is 0.949 bits per heavy atom. The molecule has 3 heterocycles. The molecule has 2 aliphatic rings. The number of carboxylic acid groups (broad SMARTS) is 2. The van der Waals surface area contributed by atoms with Crippen molar-refractivity contribution < 1.29 is 50.9 Å². The van der Waals surface area contributed by atoms with E-state index in [9.17, 15) is 31.1 Å². The molecule has 0 aliphatic carbocycles. The summed E-state index contributed by atoms with van der Waals surface area (Å²) in [6, 6.07) is 14.5. The average Bonchev–Trinajstić information content (AvgIpc) is 3.43. The van der Waals surface area contributed by atoms with Crippen LogP contribution in [0.3, 0.4) is 0 Å². The molecular formula is C24H27F6N3O5S. The molecular weight excluding hydrogens is 556 g/mol. The number of nitrogens with zero attached hydrogens (tertiary/aromatic N) is 3. The van der Waals surface area contributed by atoms with Crippen molar-refractivity contribution in [2.75, 3.05) is 38.1 Å². The summed E-state index contributed by atoms with van der Waals surface area (Å²) < 4.78 is 63.5. The molecule has 2 aliphatic heterocycles. The van der Waals surface area contributed by atoms with Crippen molar-refractivity contribution in [1.82, 2.24) is 9.80 Å². The maximum absolute atomic E-state index is 12.6. The first-order chi connectivity index (χ1) is 17.9. The van der Waals surface area contributed by atoms with Gasteiger partial charge in [0.25, 0.3) is 0 Å². The number of amides is 1. The molecule has 1 amide bonds. The third-order valence-electron chi connectivity index (χ3n) is 6.08. The number of aryl methyl sites for hydroxylation is 1. The van der Waals surface area contributed by atoms with Crippen LogP contribution in [0.2, 0.25) is 0 Å². The van der Waals surface area contributed by atoms with Crippen LogP contribution in [0, 0.1) is 6.92 Å². The molecule has 1 atom stereocenters. The van der Waals surface area contributed by atoms with E-state index < -0.39 is 24.3 Å². The van der Waals surface area contributed by atoms with Gasteiger partial charge in [-0.2, -0.15) is 26.3 Å². The van der Waals surface area contributed by atoms with Crippen LogP contribution in [0.25, 0.3) is 0 Å². The summed E-state index contributed by atoms with van der Waals surface area (Å²) in [5.41, 5.74) is 1.09. The van der Waals surface area contributed by atoms with E-state index in [1.54, 1.807) is 0 Å². The smallest absolute Gasteiger partial charge is 0.475 e. The lowest BCUT2D eigenvalue weighted by Crippen LogP contribution is -2.64. The Bertz CT molecular complexity index is 1120. The lowest BCUT2D eigenvalue weighted by molar-refractivity contribution is -0.193. The molecule has 0 saturated carbocycles. The van der Waals surface area contributed by atoms with Crippen molar-refractivity contribution in [3.05, 3.63) is 52.2 Å².